The van der Waals surface area contributed by atoms with Crippen molar-refractivity contribution in [1.82, 2.24) is 4.98 Å². The number of ether oxygens (including phenoxy) is 1. The number of nitrogens with zero attached hydrogens (tertiary/aromatic N) is 1. The van der Waals surface area contributed by atoms with E-state index in [4.69, 9.17) is 4.74 Å². The summed E-state index contributed by atoms with van der Waals surface area (Å²) >= 11 is 0. The fourth-order valence-corrected chi connectivity index (χ4v) is 1.78. The van der Waals surface area contributed by atoms with Crippen LogP contribution in [0.4, 0.5) is 10.2 Å². The molecule has 0 radical (unpaired) electrons. The molecule has 0 amide bonds. The zero-order valence-electron chi connectivity index (χ0n) is 8.74. The molecule has 3 nitrogen and oxygen atoms in total. The molecule has 2 heterocycles. The lowest BCUT2D eigenvalue weighted by molar-refractivity contribution is 0.0995. The molecule has 1 N–H and O–H groups in total. The molecule has 2 unspecified atom stereocenters. The predicted molar refractivity (Wildman–Crippen MR) is 56.3 cm³/mol. The molecule has 1 fully saturated rings. The van der Waals surface area contributed by atoms with Gasteiger partial charge in [-0.1, -0.05) is 0 Å². The first kappa shape index (κ1) is 10.4. The zero-order valence-corrected chi connectivity index (χ0v) is 8.74. The third kappa shape index (κ3) is 2.65. The second-order valence-electron chi connectivity index (χ2n) is 3.85. The highest BCUT2D eigenvalue weighted by molar-refractivity contribution is 5.34. The molecule has 82 valence electrons. The van der Waals surface area contributed by atoms with Crippen molar-refractivity contribution in [1.29, 1.82) is 0 Å². The van der Waals surface area contributed by atoms with E-state index >= 15 is 0 Å². The van der Waals surface area contributed by atoms with Crippen molar-refractivity contribution < 1.29 is 9.13 Å². The number of aromatic nitrogens is 1. The van der Waals surface area contributed by atoms with Crippen LogP contribution in [0.15, 0.2) is 18.3 Å². The Labute approximate surface area is 88.7 Å². The van der Waals surface area contributed by atoms with E-state index in [9.17, 15) is 4.39 Å². The molecule has 0 bridgehead atoms. The summed E-state index contributed by atoms with van der Waals surface area (Å²) in [4.78, 5) is 3.95. The Hall–Kier alpha value is -1.16. The van der Waals surface area contributed by atoms with Crippen molar-refractivity contribution in [3.63, 3.8) is 0 Å². The van der Waals surface area contributed by atoms with Crippen LogP contribution >= 0.6 is 0 Å². The van der Waals surface area contributed by atoms with E-state index < -0.39 is 0 Å². The fraction of sp³-hybridized carbons (Fsp3) is 0.545. The SMILES string of the molecule is CC(Nc1ccc(F)cn1)C1CCCO1. The van der Waals surface area contributed by atoms with E-state index in [0.29, 0.717) is 5.82 Å². The van der Waals surface area contributed by atoms with Crippen LogP contribution in [0.1, 0.15) is 19.8 Å². The van der Waals surface area contributed by atoms with Crippen molar-refractivity contribution in [2.75, 3.05) is 11.9 Å². The molecule has 2 rings (SSSR count). The Bertz CT molecular complexity index is 309. The molecular weight excluding hydrogens is 195 g/mol. The molecule has 0 aliphatic carbocycles. The lowest BCUT2D eigenvalue weighted by Crippen LogP contribution is -2.30. The van der Waals surface area contributed by atoms with Crippen molar-refractivity contribution in [3.8, 4) is 0 Å². The van der Waals surface area contributed by atoms with Crippen molar-refractivity contribution in [2.24, 2.45) is 0 Å². The summed E-state index contributed by atoms with van der Waals surface area (Å²) in [5, 5.41) is 3.21. The summed E-state index contributed by atoms with van der Waals surface area (Å²) < 4.78 is 18.2. The lowest BCUT2D eigenvalue weighted by atomic mass is 10.1. The van der Waals surface area contributed by atoms with Gasteiger partial charge in [-0.15, -0.1) is 0 Å². The summed E-state index contributed by atoms with van der Waals surface area (Å²) in [5.74, 6) is 0.379. The monoisotopic (exact) mass is 210 g/mol. The van der Waals surface area contributed by atoms with Gasteiger partial charge in [-0.25, -0.2) is 9.37 Å². The van der Waals surface area contributed by atoms with Gasteiger partial charge in [-0.3, -0.25) is 0 Å². The smallest absolute Gasteiger partial charge is 0.141 e. The lowest BCUT2D eigenvalue weighted by Gasteiger charge is -2.20. The second-order valence-corrected chi connectivity index (χ2v) is 3.85. The van der Waals surface area contributed by atoms with Gasteiger partial charge in [0.2, 0.25) is 0 Å². The Balaban J connectivity index is 1.92. The standard InChI is InChI=1S/C11H15FN2O/c1-8(10-3-2-6-15-10)14-11-5-4-9(12)7-13-11/h4-5,7-8,10H,2-3,6H2,1H3,(H,13,14). The molecule has 1 saturated heterocycles. The van der Waals surface area contributed by atoms with Gasteiger partial charge in [0.15, 0.2) is 0 Å². The number of rotatable bonds is 3. The Kier molecular flexibility index (Phi) is 3.16. The highest BCUT2D eigenvalue weighted by atomic mass is 19.1. The number of hydrogen-bond acceptors (Lipinski definition) is 3. The fourth-order valence-electron chi connectivity index (χ4n) is 1.78. The first-order chi connectivity index (χ1) is 7.25. The third-order valence-corrected chi connectivity index (χ3v) is 2.63. The van der Waals surface area contributed by atoms with E-state index in [1.165, 1.54) is 12.3 Å². The van der Waals surface area contributed by atoms with E-state index in [1.54, 1.807) is 6.07 Å². The Morgan fingerprint density at radius 2 is 2.47 bits per heavy atom. The normalized spacial score (nSPS) is 22.7. The third-order valence-electron chi connectivity index (χ3n) is 2.63. The Morgan fingerprint density at radius 1 is 1.60 bits per heavy atom. The van der Waals surface area contributed by atoms with Gasteiger partial charge in [-0.05, 0) is 31.9 Å². The number of pyridine rings is 1. The molecule has 2 atom stereocenters. The quantitative estimate of drug-likeness (QED) is 0.830. The molecular formula is C11H15FN2O. The first-order valence-corrected chi connectivity index (χ1v) is 5.25. The maximum absolute atomic E-state index is 12.6. The minimum absolute atomic E-state index is 0.213. The van der Waals surface area contributed by atoms with Crippen molar-refractivity contribution >= 4 is 5.82 Å². The largest absolute Gasteiger partial charge is 0.376 e. The molecule has 1 aliphatic heterocycles. The molecule has 0 saturated carbocycles. The molecule has 15 heavy (non-hydrogen) atoms. The highest BCUT2D eigenvalue weighted by Gasteiger charge is 2.22. The molecule has 4 heteroatoms. The van der Waals surface area contributed by atoms with Gasteiger partial charge in [0.1, 0.15) is 11.6 Å². The summed E-state index contributed by atoms with van der Waals surface area (Å²) in [6, 6.07) is 3.25. The highest BCUT2D eigenvalue weighted by Crippen LogP contribution is 2.18. The van der Waals surface area contributed by atoms with Gasteiger partial charge in [-0.2, -0.15) is 0 Å². The Morgan fingerprint density at radius 3 is 3.07 bits per heavy atom. The van der Waals surface area contributed by atoms with Gasteiger partial charge < -0.3 is 10.1 Å². The average Bonchev–Trinajstić information content (AvgIpc) is 2.74. The summed E-state index contributed by atoms with van der Waals surface area (Å²) in [7, 11) is 0. The van der Waals surface area contributed by atoms with Gasteiger partial charge in [0, 0.05) is 6.61 Å². The van der Waals surface area contributed by atoms with Crippen LogP contribution in [0, 0.1) is 5.82 Å². The molecule has 0 aromatic carbocycles. The van der Waals surface area contributed by atoms with Crippen LogP contribution < -0.4 is 5.32 Å². The van der Waals surface area contributed by atoms with Crippen LogP contribution in [0.5, 0.6) is 0 Å². The van der Waals surface area contributed by atoms with Crippen LogP contribution in [0.25, 0.3) is 0 Å². The van der Waals surface area contributed by atoms with Gasteiger partial charge in [0.25, 0.3) is 0 Å². The van der Waals surface area contributed by atoms with Crippen LogP contribution in [-0.2, 0) is 4.74 Å². The van der Waals surface area contributed by atoms with Gasteiger partial charge >= 0.3 is 0 Å². The molecule has 1 aromatic rings. The van der Waals surface area contributed by atoms with E-state index in [1.807, 2.05) is 0 Å². The predicted octanol–water partition coefficient (Wildman–Crippen LogP) is 2.20. The first-order valence-electron chi connectivity index (χ1n) is 5.25. The van der Waals surface area contributed by atoms with Crippen molar-refractivity contribution in [3.05, 3.63) is 24.1 Å². The van der Waals surface area contributed by atoms with E-state index in [2.05, 4.69) is 17.2 Å². The summed E-state index contributed by atoms with van der Waals surface area (Å²) in [6.45, 7) is 2.90. The van der Waals surface area contributed by atoms with Crippen molar-refractivity contribution in [2.45, 2.75) is 31.9 Å². The van der Waals surface area contributed by atoms with Crippen LogP contribution in [-0.4, -0.2) is 23.7 Å². The summed E-state index contributed by atoms with van der Waals surface area (Å²) in [5.41, 5.74) is 0. The second kappa shape index (κ2) is 4.57. The molecule has 0 spiro atoms. The zero-order chi connectivity index (χ0) is 10.7. The topological polar surface area (TPSA) is 34.2 Å². The number of hydrogen-bond donors (Lipinski definition) is 1. The molecule has 1 aromatic heterocycles. The maximum Gasteiger partial charge on any atom is 0.141 e. The number of halogens is 1. The van der Waals surface area contributed by atoms with E-state index in [0.717, 1.165) is 19.4 Å². The minimum Gasteiger partial charge on any atom is -0.376 e. The van der Waals surface area contributed by atoms with Gasteiger partial charge in [0.05, 0.1) is 18.3 Å². The molecule has 1 aliphatic rings. The maximum atomic E-state index is 12.6. The van der Waals surface area contributed by atoms with E-state index in [-0.39, 0.29) is 18.0 Å². The average molecular weight is 210 g/mol. The van der Waals surface area contributed by atoms with Crippen LogP contribution in [0.3, 0.4) is 0 Å². The van der Waals surface area contributed by atoms with Crippen LogP contribution in [0.2, 0.25) is 0 Å². The summed E-state index contributed by atoms with van der Waals surface area (Å²) in [6.07, 6.45) is 3.66. The number of nitrogens with one attached hydrogen (secondary N) is 1. The number of anilines is 1. The minimum atomic E-state index is -0.315.